The first-order valence-electron chi connectivity index (χ1n) is 8.28. The van der Waals surface area contributed by atoms with Gasteiger partial charge < -0.3 is 9.80 Å². The topological polar surface area (TPSA) is 36.4 Å². The molecule has 0 spiro atoms. The van der Waals surface area contributed by atoms with Crippen molar-refractivity contribution in [1.82, 2.24) is 9.88 Å². The Kier molecular flexibility index (Phi) is 5.81. The summed E-state index contributed by atoms with van der Waals surface area (Å²) in [7, 11) is 0. The van der Waals surface area contributed by atoms with Crippen LogP contribution in [0.5, 0.6) is 0 Å². The van der Waals surface area contributed by atoms with Gasteiger partial charge in [0.25, 0.3) is 5.91 Å². The van der Waals surface area contributed by atoms with Gasteiger partial charge in [-0.2, -0.15) is 13.2 Å². The molecule has 9 heteroatoms. The second-order valence-electron chi connectivity index (χ2n) is 6.17. The van der Waals surface area contributed by atoms with E-state index in [1.807, 2.05) is 0 Å². The maximum Gasteiger partial charge on any atom is 0.417 e. The van der Waals surface area contributed by atoms with Gasteiger partial charge >= 0.3 is 6.18 Å². The summed E-state index contributed by atoms with van der Waals surface area (Å²) in [6, 6.07) is 7.53. The SMILES string of the molecule is O=C(c1ccc(Cl)cc1)N1CCCN(c2ncc(C(F)(F)F)cc2Cl)CC1. The van der Waals surface area contributed by atoms with Crippen molar-refractivity contribution in [3.8, 4) is 0 Å². The highest BCUT2D eigenvalue weighted by Crippen LogP contribution is 2.33. The van der Waals surface area contributed by atoms with Gasteiger partial charge in [0.15, 0.2) is 0 Å². The van der Waals surface area contributed by atoms with Crippen molar-refractivity contribution in [2.45, 2.75) is 12.6 Å². The molecule has 2 heterocycles. The number of anilines is 1. The number of nitrogens with zero attached hydrogens (tertiary/aromatic N) is 3. The molecule has 1 fully saturated rings. The molecular weight excluding hydrogens is 402 g/mol. The highest BCUT2D eigenvalue weighted by atomic mass is 35.5. The Bertz CT molecular complexity index is 828. The highest BCUT2D eigenvalue weighted by Gasteiger charge is 2.32. The van der Waals surface area contributed by atoms with E-state index in [0.29, 0.717) is 49.0 Å². The van der Waals surface area contributed by atoms with Gasteiger partial charge in [-0.1, -0.05) is 23.2 Å². The Morgan fingerprint density at radius 1 is 1.04 bits per heavy atom. The Morgan fingerprint density at radius 2 is 1.74 bits per heavy atom. The van der Waals surface area contributed by atoms with E-state index in [2.05, 4.69) is 4.98 Å². The van der Waals surface area contributed by atoms with E-state index in [1.165, 1.54) is 0 Å². The molecule has 0 N–H and O–H groups in total. The minimum Gasteiger partial charge on any atom is -0.354 e. The third-order valence-corrected chi connectivity index (χ3v) is 4.85. The molecule has 1 amide bonds. The largest absolute Gasteiger partial charge is 0.417 e. The Labute approximate surface area is 164 Å². The number of amides is 1. The fourth-order valence-electron chi connectivity index (χ4n) is 2.93. The minimum absolute atomic E-state index is 0.0534. The van der Waals surface area contributed by atoms with Crippen molar-refractivity contribution in [3.63, 3.8) is 0 Å². The van der Waals surface area contributed by atoms with Crippen molar-refractivity contribution in [2.75, 3.05) is 31.1 Å². The molecule has 1 aromatic heterocycles. The van der Waals surface area contributed by atoms with E-state index < -0.39 is 11.7 Å². The molecule has 3 rings (SSSR count). The number of hydrogen-bond acceptors (Lipinski definition) is 3. The predicted molar refractivity (Wildman–Crippen MR) is 98.4 cm³/mol. The maximum atomic E-state index is 12.8. The quantitative estimate of drug-likeness (QED) is 0.706. The van der Waals surface area contributed by atoms with Gasteiger partial charge in [-0.15, -0.1) is 0 Å². The summed E-state index contributed by atoms with van der Waals surface area (Å²) in [5.74, 6) is 0.186. The minimum atomic E-state index is -4.49. The van der Waals surface area contributed by atoms with Crippen LogP contribution in [0.3, 0.4) is 0 Å². The number of carbonyl (C=O) groups is 1. The molecular formula is C18H16Cl2F3N3O. The van der Waals surface area contributed by atoms with Crippen LogP contribution in [0.1, 0.15) is 22.3 Å². The molecule has 0 atom stereocenters. The summed E-state index contributed by atoms with van der Waals surface area (Å²) in [5, 5.41) is 0.499. The number of benzene rings is 1. The summed E-state index contributed by atoms with van der Waals surface area (Å²) < 4.78 is 38.3. The summed E-state index contributed by atoms with van der Waals surface area (Å²) >= 11 is 11.9. The maximum absolute atomic E-state index is 12.8. The normalized spacial score (nSPS) is 15.6. The van der Waals surface area contributed by atoms with Gasteiger partial charge in [0.05, 0.1) is 10.6 Å². The van der Waals surface area contributed by atoms with Crippen LogP contribution in [0.4, 0.5) is 19.0 Å². The predicted octanol–water partition coefficient (Wildman–Crippen LogP) is 4.76. The van der Waals surface area contributed by atoms with Gasteiger partial charge in [0, 0.05) is 43.0 Å². The van der Waals surface area contributed by atoms with Crippen molar-refractivity contribution >= 4 is 34.9 Å². The second kappa shape index (κ2) is 7.94. The molecule has 1 aromatic carbocycles. The number of hydrogen-bond donors (Lipinski definition) is 0. The molecule has 27 heavy (non-hydrogen) atoms. The third-order valence-electron chi connectivity index (χ3n) is 4.32. The summed E-state index contributed by atoms with van der Waals surface area (Å²) in [5.41, 5.74) is -0.343. The van der Waals surface area contributed by atoms with Gasteiger partial charge in [0.2, 0.25) is 0 Å². The van der Waals surface area contributed by atoms with Crippen molar-refractivity contribution in [3.05, 3.63) is 57.7 Å². The molecule has 4 nitrogen and oxygen atoms in total. The van der Waals surface area contributed by atoms with E-state index in [9.17, 15) is 18.0 Å². The Morgan fingerprint density at radius 3 is 2.37 bits per heavy atom. The molecule has 0 radical (unpaired) electrons. The molecule has 0 saturated carbocycles. The molecule has 0 aliphatic carbocycles. The number of alkyl halides is 3. The number of rotatable bonds is 2. The molecule has 0 unspecified atom stereocenters. The summed E-state index contributed by atoms with van der Waals surface area (Å²) in [6.45, 7) is 1.93. The highest BCUT2D eigenvalue weighted by molar-refractivity contribution is 6.33. The molecule has 2 aromatic rings. The van der Waals surface area contributed by atoms with Gasteiger partial charge in [0.1, 0.15) is 5.82 Å². The first-order chi connectivity index (χ1) is 12.8. The van der Waals surface area contributed by atoms with E-state index in [1.54, 1.807) is 34.1 Å². The van der Waals surface area contributed by atoms with Crippen LogP contribution in [0.25, 0.3) is 0 Å². The lowest BCUT2D eigenvalue weighted by Crippen LogP contribution is -2.35. The first-order valence-corrected chi connectivity index (χ1v) is 9.04. The molecule has 1 aliphatic rings. The van der Waals surface area contributed by atoms with Crippen LogP contribution in [-0.4, -0.2) is 42.0 Å². The van der Waals surface area contributed by atoms with Crippen LogP contribution in [0.2, 0.25) is 10.0 Å². The lowest BCUT2D eigenvalue weighted by molar-refractivity contribution is -0.137. The number of aromatic nitrogens is 1. The fraction of sp³-hybridized carbons (Fsp3) is 0.333. The number of pyridine rings is 1. The number of halogens is 5. The van der Waals surface area contributed by atoms with Crippen LogP contribution in [-0.2, 0) is 6.18 Å². The fourth-order valence-corrected chi connectivity index (χ4v) is 3.34. The lowest BCUT2D eigenvalue weighted by atomic mass is 10.2. The molecule has 0 bridgehead atoms. The summed E-state index contributed by atoms with van der Waals surface area (Å²) in [6.07, 6.45) is -3.06. The monoisotopic (exact) mass is 417 g/mol. The number of carbonyl (C=O) groups excluding carboxylic acids is 1. The first kappa shape index (κ1) is 19.8. The average Bonchev–Trinajstić information content (AvgIpc) is 2.87. The zero-order chi connectivity index (χ0) is 19.6. The van der Waals surface area contributed by atoms with Crippen LogP contribution in [0.15, 0.2) is 36.5 Å². The Balaban J connectivity index is 1.71. The van der Waals surface area contributed by atoms with Crippen LogP contribution < -0.4 is 4.90 Å². The Hall–Kier alpha value is -1.99. The lowest BCUT2D eigenvalue weighted by Gasteiger charge is -2.24. The van der Waals surface area contributed by atoms with E-state index >= 15 is 0 Å². The van der Waals surface area contributed by atoms with Gasteiger partial charge in [-0.25, -0.2) is 4.98 Å². The van der Waals surface area contributed by atoms with E-state index in [-0.39, 0.29) is 10.9 Å². The molecule has 144 valence electrons. The smallest absolute Gasteiger partial charge is 0.354 e. The van der Waals surface area contributed by atoms with Crippen molar-refractivity contribution in [1.29, 1.82) is 0 Å². The molecule has 1 aliphatic heterocycles. The van der Waals surface area contributed by atoms with Crippen molar-refractivity contribution < 1.29 is 18.0 Å². The van der Waals surface area contributed by atoms with Crippen molar-refractivity contribution in [2.24, 2.45) is 0 Å². The van der Waals surface area contributed by atoms with Crippen LogP contribution in [0, 0.1) is 0 Å². The standard InChI is InChI=1S/C18H16Cl2F3N3O/c19-14-4-2-12(3-5-14)17(27)26-7-1-6-25(8-9-26)16-15(20)10-13(11-24-16)18(21,22)23/h2-5,10-11H,1,6-9H2. The third kappa shape index (κ3) is 4.65. The second-order valence-corrected chi connectivity index (χ2v) is 7.01. The average molecular weight is 418 g/mol. The zero-order valence-electron chi connectivity index (χ0n) is 14.1. The van der Waals surface area contributed by atoms with Gasteiger partial charge in [-0.3, -0.25) is 4.79 Å². The zero-order valence-corrected chi connectivity index (χ0v) is 15.7. The molecule has 1 saturated heterocycles. The van der Waals surface area contributed by atoms with Crippen LogP contribution >= 0.6 is 23.2 Å². The summed E-state index contributed by atoms with van der Waals surface area (Å²) in [4.78, 5) is 20.0. The van der Waals surface area contributed by atoms with E-state index in [4.69, 9.17) is 23.2 Å². The van der Waals surface area contributed by atoms with E-state index in [0.717, 1.165) is 12.3 Å². The van der Waals surface area contributed by atoms with Gasteiger partial charge in [-0.05, 0) is 36.8 Å².